The summed E-state index contributed by atoms with van der Waals surface area (Å²) in [6, 6.07) is 0.531. The van der Waals surface area contributed by atoms with E-state index in [1.165, 1.54) is 25.9 Å². The SMILES string of the molecule is CC(CN)N1CC2CCC(C1)C2CCO. The summed E-state index contributed by atoms with van der Waals surface area (Å²) in [6.45, 7) is 5.78. The van der Waals surface area contributed by atoms with Crippen molar-refractivity contribution in [2.24, 2.45) is 23.5 Å². The van der Waals surface area contributed by atoms with Crippen LogP contribution < -0.4 is 5.73 Å². The Morgan fingerprint density at radius 3 is 2.40 bits per heavy atom. The van der Waals surface area contributed by atoms with Gasteiger partial charge in [0.1, 0.15) is 0 Å². The molecule has 2 rings (SSSR count). The normalized spacial score (nSPS) is 38.2. The molecule has 3 N–H and O–H groups in total. The van der Waals surface area contributed by atoms with E-state index in [2.05, 4.69) is 11.8 Å². The van der Waals surface area contributed by atoms with E-state index in [1.807, 2.05) is 0 Å². The Hall–Kier alpha value is -0.120. The van der Waals surface area contributed by atoms with E-state index in [4.69, 9.17) is 10.8 Å². The fraction of sp³-hybridized carbons (Fsp3) is 1.00. The predicted octanol–water partition coefficient (Wildman–Crippen LogP) is 0.674. The third kappa shape index (κ3) is 2.19. The van der Waals surface area contributed by atoms with Crippen LogP contribution in [0.4, 0.5) is 0 Å². The van der Waals surface area contributed by atoms with E-state index in [-0.39, 0.29) is 0 Å². The maximum atomic E-state index is 9.07. The van der Waals surface area contributed by atoms with Gasteiger partial charge in [-0.05, 0) is 43.9 Å². The van der Waals surface area contributed by atoms with Crippen molar-refractivity contribution in [2.75, 3.05) is 26.2 Å². The number of hydrogen-bond donors (Lipinski definition) is 2. The van der Waals surface area contributed by atoms with Gasteiger partial charge in [-0.1, -0.05) is 0 Å². The summed E-state index contributed by atoms with van der Waals surface area (Å²) in [5.41, 5.74) is 5.73. The average molecular weight is 212 g/mol. The zero-order valence-electron chi connectivity index (χ0n) is 9.73. The van der Waals surface area contributed by atoms with Gasteiger partial charge >= 0.3 is 0 Å². The highest BCUT2D eigenvalue weighted by atomic mass is 16.3. The van der Waals surface area contributed by atoms with Crippen molar-refractivity contribution in [1.82, 2.24) is 4.90 Å². The zero-order valence-corrected chi connectivity index (χ0v) is 9.73. The van der Waals surface area contributed by atoms with Crippen molar-refractivity contribution >= 4 is 0 Å². The summed E-state index contributed by atoms with van der Waals surface area (Å²) in [4.78, 5) is 2.55. The molecule has 1 saturated heterocycles. The predicted molar refractivity (Wildman–Crippen MR) is 61.5 cm³/mol. The third-order valence-electron chi connectivity index (χ3n) is 4.48. The zero-order chi connectivity index (χ0) is 10.8. The van der Waals surface area contributed by atoms with Crippen molar-refractivity contribution < 1.29 is 5.11 Å². The minimum atomic E-state index is 0.365. The molecule has 1 saturated carbocycles. The standard InChI is InChI=1S/C12H24N2O/c1-9(6-13)14-7-10-2-3-11(8-14)12(10)4-5-15/h9-12,15H,2-8,13H2,1H3. The van der Waals surface area contributed by atoms with Gasteiger partial charge in [-0.2, -0.15) is 0 Å². The molecule has 0 spiro atoms. The van der Waals surface area contributed by atoms with Gasteiger partial charge in [-0.25, -0.2) is 0 Å². The Bertz CT molecular complexity index is 196. The number of aliphatic hydroxyl groups excluding tert-OH is 1. The van der Waals surface area contributed by atoms with Crippen LogP contribution in [0.2, 0.25) is 0 Å². The first kappa shape index (κ1) is 11.4. The fourth-order valence-electron chi connectivity index (χ4n) is 3.50. The number of rotatable bonds is 4. The Labute approximate surface area is 92.6 Å². The highest BCUT2D eigenvalue weighted by Gasteiger charge is 2.41. The Morgan fingerprint density at radius 1 is 1.33 bits per heavy atom. The number of likely N-dealkylation sites (tertiary alicyclic amines) is 1. The molecule has 88 valence electrons. The Morgan fingerprint density at radius 2 is 1.93 bits per heavy atom. The van der Waals surface area contributed by atoms with Gasteiger partial charge < -0.3 is 10.8 Å². The first-order chi connectivity index (χ1) is 7.26. The van der Waals surface area contributed by atoms with Gasteiger partial charge in [0.05, 0.1) is 0 Å². The Balaban J connectivity index is 1.95. The van der Waals surface area contributed by atoms with E-state index in [0.29, 0.717) is 12.6 Å². The largest absolute Gasteiger partial charge is 0.396 e. The fourth-order valence-corrected chi connectivity index (χ4v) is 3.50. The molecule has 3 nitrogen and oxygen atoms in total. The molecule has 1 aliphatic carbocycles. The highest BCUT2D eigenvalue weighted by molar-refractivity contribution is 4.93. The number of piperidine rings is 1. The van der Waals surface area contributed by atoms with Gasteiger partial charge in [0, 0.05) is 32.3 Å². The maximum Gasteiger partial charge on any atom is 0.0433 e. The summed E-state index contributed by atoms with van der Waals surface area (Å²) in [7, 11) is 0. The number of nitrogens with two attached hydrogens (primary N) is 1. The molecule has 1 aliphatic heterocycles. The van der Waals surface area contributed by atoms with Crippen LogP contribution >= 0.6 is 0 Å². The minimum absolute atomic E-state index is 0.365. The van der Waals surface area contributed by atoms with E-state index >= 15 is 0 Å². The van der Waals surface area contributed by atoms with Crippen molar-refractivity contribution in [3.05, 3.63) is 0 Å². The van der Waals surface area contributed by atoms with E-state index in [0.717, 1.165) is 30.7 Å². The summed E-state index contributed by atoms with van der Waals surface area (Å²) in [5.74, 6) is 2.44. The molecule has 0 radical (unpaired) electrons. The summed E-state index contributed by atoms with van der Waals surface area (Å²) < 4.78 is 0. The molecule has 2 fully saturated rings. The average Bonchev–Trinajstić information content (AvgIpc) is 2.51. The van der Waals surface area contributed by atoms with Gasteiger partial charge in [0.15, 0.2) is 0 Å². The van der Waals surface area contributed by atoms with Crippen LogP contribution in [-0.4, -0.2) is 42.3 Å². The van der Waals surface area contributed by atoms with Gasteiger partial charge in [-0.3, -0.25) is 4.90 Å². The quantitative estimate of drug-likeness (QED) is 0.720. The molecule has 15 heavy (non-hydrogen) atoms. The molecular formula is C12H24N2O. The number of aliphatic hydroxyl groups is 1. The molecule has 2 aliphatic rings. The van der Waals surface area contributed by atoms with Crippen LogP contribution in [0.15, 0.2) is 0 Å². The number of hydrogen-bond acceptors (Lipinski definition) is 3. The minimum Gasteiger partial charge on any atom is -0.396 e. The molecule has 0 aromatic heterocycles. The first-order valence-corrected chi connectivity index (χ1v) is 6.31. The maximum absolute atomic E-state index is 9.07. The lowest BCUT2D eigenvalue weighted by molar-refractivity contribution is 0.0668. The molecule has 3 atom stereocenters. The molecule has 0 aromatic rings. The molecule has 1 heterocycles. The lowest BCUT2D eigenvalue weighted by Gasteiger charge is -2.40. The number of nitrogens with zero attached hydrogens (tertiary/aromatic N) is 1. The summed E-state index contributed by atoms with van der Waals surface area (Å²) in [5, 5.41) is 9.07. The highest BCUT2D eigenvalue weighted by Crippen LogP contribution is 2.43. The second-order valence-corrected chi connectivity index (χ2v) is 5.31. The number of fused-ring (bicyclic) bond motifs is 2. The van der Waals surface area contributed by atoms with Gasteiger partial charge in [0.25, 0.3) is 0 Å². The first-order valence-electron chi connectivity index (χ1n) is 6.31. The molecule has 3 heteroatoms. The van der Waals surface area contributed by atoms with Crippen molar-refractivity contribution in [3.63, 3.8) is 0 Å². The Kier molecular flexibility index (Phi) is 3.65. The van der Waals surface area contributed by atoms with Crippen LogP contribution in [0.1, 0.15) is 26.2 Å². The topological polar surface area (TPSA) is 49.5 Å². The molecule has 0 amide bonds. The third-order valence-corrected chi connectivity index (χ3v) is 4.48. The molecule has 3 unspecified atom stereocenters. The van der Waals surface area contributed by atoms with Crippen LogP contribution in [0.3, 0.4) is 0 Å². The van der Waals surface area contributed by atoms with E-state index in [1.54, 1.807) is 0 Å². The van der Waals surface area contributed by atoms with Crippen molar-refractivity contribution in [1.29, 1.82) is 0 Å². The smallest absolute Gasteiger partial charge is 0.0433 e. The van der Waals surface area contributed by atoms with Crippen LogP contribution in [0.25, 0.3) is 0 Å². The van der Waals surface area contributed by atoms with E-state index in [9.17, 15) is 0 Å². The second kappa shape index (κ2) is 4.81. The lowest BCUT2D eigenvalue weighted by atomic mass is 9.82. The van der Waals surface area contributed by atoms with Crippen LogP contribution in [0, 0.1) is 17.8 Å². The lowest BCUT2D eigenvalue weighted by Crippen LogP contribution is -2.48. The van der Waals surface area contributed by atoms with Gasteiger partial charge in [0.2, 0.25) is 0 Å². The van der Waals surface area contributed by atoms with Gasteiger partial charge in [-0.15, -0.1) is 0 Å². The molecule has 0 aromatic carbocycles. The summed E-state index contributed by atoms with van der Waals surface area (Å²) in [6.07, 6.45) is 3.74. The van der Waals surface area contributed by atoms with Crippen LogP contribution in [-0.2, 0) is 0 Å². The van der Waals surface area contributed by atoms with Crippen molar-refractivity contribution in [3.8, 4) is 0 Å². The second-order valence-electron chi connectivity index (χ2n) is 5.31. The summed E-state index contributed by atoms with van der Waals surface area (Å²) >= 11 is 0. The van der Waals surface area contributed by atoms with Crippen LogP contribution in [0.5, 0.6) is 0 Å². The van der Waals surface area contributed by atoms with Crippen molar-refractivity contribution in [2.45, 2.75) is 32.2 Å². The molecular weight excluding hydrogens is 188 g/mol. The monoisotopic (exact) mass is 212 g/mol. The molecule has 2 bridgehead atoms. The van der Waals surface area contributed by atoms with E-state index < -0.39 is 0 Å².